The van der Waals surface area contributed by atoms with Crippen LogP contribution in [0, 0.1) is 5.92 Å². The summed E-state index contributed by atoms with van der Waals surface area (Å²) >= 11 is 6.90. The maximum absolute atomic E-state index is 11.0. The molecule has 36 heavy (non-hydrogen) atoms. The van der Waals surface area contributed by atoms with Crippen molar-refractivity contribution >= 4 is 37.8 Å². The van der Waals surface area contributed by atoms with Crippen molar-refractivity contribution in [1.29, 1.82) is 0 Å². The zero-order chi connectivity index (χ0) is 26.5. The first kappa shape index (κ1) is 30.3. The molecule has 0 bridgehead atoms. The van der Waals surface area contributed by atoms with E-state index in [1.54, 1.807) is 28.4 Å². The Kier molecular flexibility index (Phi) is 13.4. The summed E-state index contributed by atoms with van der Waals surface area (Å²) in [6.07, 6.45) is 4.46. The number of alkyl halides is 2. The molecule has 7 nitrogen and oxygen atoms in total. The highest BCUT2D eigenvalue weighted by Gasteiger charge is 2.28. The molecule has 1 saturated heterocycles. The first-order valence-electron chi connectivity index (χ1n) is 11.8. The fourth-order valence-corrected chi connectivity index (χ4v) is 5.47. The lowest BCUT2D eigenvalue weighted by Crippen LogP contribution is -2.23. The number of hydrogen-bond acceptors (Lipinski definition) is 6. The third-order valence-corrected chi connectivity index (χ3v) is 7.33. The molecular weight excluding hydrogens is 596 g/mol. The van der Waals surface area contributed by atoms with Crippen molar-refractivity contribution in [2.45, 2.75) is 42.8 Å². The topological polar surface area (TPSA) is 83.5 Å². The Balaban J connectivity index is 0.000000215. The predicted octanol–water partition coefficient (Wildman–Crippen LogP) is 6.18. The van der Waals surface area contributed by atoms with Crippen molar-refractivity contribution in [2.75, 3.05) is 41.7 Å². The second kappa shape index (κ2) is 16.0. The molecule has 1 heterocycles. The third kappa shape index (κ3) is 8.02. The van der Waals surface area contributed by atoms with Gasteiger partial charge >= 0.3 is 5.97 Å². The van der Waals surface area contributed by atoms with Crippen molar-refractivity contribution in [2.24, 2.45) is 5.92 Å². The fourth-order valence-electron chi connectivity index (χ4n) is 4.24. The number of rotatable bonds is 7. The van der Waals surface area contributed by atoms with Gasteiger partial charge in [0.25, 0.3) is 0 Å². The first-order chi connectivity index (χ1) is 17.4. The maximum Gasteiger partial charge on any atom is 0.306 e. The van der Waals surface area contributed by atoms with E-state index in [2.05, 4.69) is 31.9 Å². The van der Waals surface area contributed by atoms with E-state index >= 15 is 0 Å². The molecule has 0 saturated carbocycles. The highest BCUT2D eigenvalue weighted by Crippen LogP contribution is 2.38. The molecule has 1 unspecified atom stereocenters. The number of fused-ring (bicyclic) bond motifs is 1. The summed E-state index contributed by atoms with van der Waals surface area (Å²) in [5.41, 5.74) is 4.32. The lowest BCUT2D eigenvalue weighted by Gasteiger charge is -2.25. The van der Waals surface area contributed by atoms with Crippen LogP contribution >= 0.6 is 31.9 Å². The number of carbonyl (C=O) groups is 1. The molecule has 0 spiro atoms. The van der Waals surface area contributed by atoms with Crippen molar-refractivity contribution < 1.29 is 33.6 Å². The number of ether oxygens (including phenoxy) is 5. The van der Waals surface area contributed by atoms with Crippen molar-refractivity contribution in [3.63, 3.8) is 0 Å². The van der Waals surface area contributed by atoms with E-state index in [0.717, 1.165) is 75.5 Å². The molecule has 1 atom stereocenters. The third-order valence-electron chi connectivity index (χ3n) is 6.21. The number of methoxy groups -OCH3 is 4. The van der Waals surface area contributed by atoms with Gasteiger partial charge in [0, 0.05) is 46.1 Å². The Bertz CT molecular complexity index is 938. The van der Waals surface area contributed by atoms with Gasteiger partial charge in [-0.25, -0.2) is 0 Å². The molecule has 1 fully saturated rings. The van der Waals surface area contributed by atoms with E-state index in [0.29, 0.717) is 12.8 Å². The molecule has 200 valence electrons. The Labute approximate surface area is 230 Å². The van der Waals surface area contributed by atoms with Crippen LogP contribution < -0.4 is 18.9 Å². The zero-order valence-electron chi connectivity index (χ0n) is 21.4. The lowest BCUT2D eigenvalue weighted by atomic mass is 9.83. The summed E-state index contributed by atoms with van der Waals surface area (Å²) in [6, 6.07) is 7.55. The Morgan fingerprint density at radius 2 is 1.28 bits per heavy atom. The lowest BCUT2D eigenvalue weighted by molar-refractivity contribution is -0.142. The van der Waals surface area contributed by atoms with Crippen LogP contribution in [-0.2, 0) is 33.0 Å². The number of aliphatic carboxylic acids is 1. The molecule has 9 heteroatoms. The fraction of sp³-hybridized carbons (Fsp3) is 0.519. The number of carboxylic acid groups (broad SMARTS) is 1. The summed E-state index contributed by atoms with van der Waals surface area (Å²) in [7, 11) is 6.58. The number of carboxylic acids is 1. The van der Waals surface area contributed by atoms with Gasteiger partial charge in [-0.2, -0.15) is 0 Å². The minimum Gasteiger partial charge on any atom is -0.496 e. The predicted molar refractivity (Wildman–Crippen MR) is 148 cm³/mol. The van der Waals surface area contributed by atoms with Gasteiger partial charge in [-0.05, 0) is 56.4 Å². The van der Waals surface area contributed by atoms with Crippen LogP contribution in [0.2, 0.25) is 0 Å². The van der Waals surface area contributed by atoms with Crippen LogP contribution in [0.25, 0.3) is 0 Å². The molecule has 2 aromatic carbocycles. The maximum atomic E-state index is 11.0. The number of halogens is 2. The van der Waals surface area contributed by atoms with E-state index in [9.17, 15) is 4.79 Å². The van der Waals surface area contributed by atoms with Crippen LogP contribution in [0.15, 0.2) is 24.3 Å². The Morgan fingerprint density at radius 3 is 1.64 bits per heavy atom. The summed E-state index contributed by atoms with van der Waals surface area (Å²) in [5.74, 6) is 2.30. The monoisotopic (exact) mass is 630 g/mol. The van der Waals surface area contributed by atoms with Gasteiger partial charge in [-0.3, -0.25) is 4.79 Å². The van der Waals surface area contributed by atoms with E-state index in [1.807, 2.05) is 24.3 Å². The molecule has 0 radical (unpaired) electrons. The van der Waals surface area contributed by atoms with Gasteiger partial charge in [0.1, 0.15) is 23.0 Å². The molecule has 0 aromatic heterocycles. The average molecular weight is 632 g/mol. The number of benzene rings is 2. The molecule has 4 rings (SSSR count). The summed E-state index contributed by atoms with van der Waals surface area (Å²) in [6.45, 7) is 2.00. The molecule has 1 aliphatic heterocycles. The largest absolute Gasteiger partial charge is 0.496 e. The SMILES string of the molecule is C1CCOC1.COc1ccc(OC)c(CBr)c1CBr.COc1ccc(OC)c2c1CCC(C(=O)O)C2. The minimum atomic E-state index is -0.736. The van der Waals surface area contributed by atoms with Crippen molar-refractivity contribution in [1.82, 2.24) is 0 Å². The number of hydrogen-bond donors (Lipinski definition) is 1. The first-order valence-corrected chi connectivity index (χ1v) is 14.1. The summed E-state index contributed by atoms with van der Waals surface area (Å²) in [5, 5.41) is 10.6. The summed E-state index contributed by atoms with van der Waals surface area (Å²) in [4.78, 5) is 11.0. The zero-order valence-corrected chi connectivity index (χ0v) is 24.6. The van der Waals surface area contributed by atoms with E-state index in [-0.39, 0.29) is 5.92 Å². The molecule has 1 aliphatic carbocycles. The van der Waals surface area contributed by atoms with Crippen LogP contribution in [-0.4, -0.2) is 52.7 Å². The van der Waals surface area contributed by atoms with Gasteiger partial charge in [-0.15, -0.1) is 0 Å². The molecule has 2 aromatic rings. The van der Waals surface area contributed by atoms with Crippen LogP contribution in [0.5, 0.6) is 23.0 Å². The molecule has 2 aliphatic rings. The quantitative estimate of drug-likeness (QED) is 0.365. The van der Waals surface area contributed by atoms with Gasteiger partial charge in [-0.1, -0.05) is 31.9 Å². The highest BCUT2D eigenvalue weighted by molar-refractivity contribution is 9.09. The molecule has 0 amide bonds. The van der Waals surface area contributed by atoms with Crippen LogP contribution in [0.4, 0.5) is 0 Å². The van der Waals surface area contributed by atoms with Crippen molar-refractivity contribution in [3.05, 3.63) is 46.5 Å². The second-order valence-electron chi connectivity index (χ2n) is 8.22. The van der Waals surface area contributed by atoms with Gasteiger partial charge in [0.05, 0.1) is 34.4 Å². The Hall–Kier alpha value is -1.97. The average Bonchev–Trinajstić information content (AvgIpc) is 3.51. The van der Waals surface area contributed by atoms with Crippen LogP contribution in [0.1, 0.15) is 41.5 Å². The normalized spacial score (nSPS) is 15.9. The van der Waals surface area contributed by atoms with Gasteiger partial charge < -0.3 is 28.8 Å². The molecule has 1 N–H and O–H groups in total. The summed E-state index contributed by atoms with van der Waals surface area (Å²) < 4.78 is 26.1. The van der Waals surface area contributed by atoms with E-state index in [4.69, 9.17) is 28.8 Å². The van der Waals surface area contributed by atoms with Gasteiger partial charge in [0.15, 0.2) is 0 Å². The van der Waals surface area contributed by atoms with E-state index in [1.165, 1.54) is 12.8 Å². The smallest absolute Gasteiger partial charge is 0.306 e. The van der Waals surface area contributed by atoms with Gasteiger partial charge in [0.2, 0.25) is 0 Å². The second-order valence-corrected chi connectivity index (χ2v) is 9.34. The van der Waals surface area contributed by atoms with Crippen molar-refractivity contribution in [3.8, 4) is 23.0 Å². The standard InChI is InChI=1S/C13H16O4.C10H12Br2O2.C4H8O/c1-16-11-5-6-12(17-2)10-7-8(13(14)15)3-4-9(10)11;1-13-9-3-4-10(14-2)8(6-12)7(9)5-11;1-2-4-5-3-1/h5-6,8H,3-4,7H2,1-2H3,(H,14,15);3-4H,5-6H2,1-2H3;1-4H2. The van der Waals surface area contributed by atoms with Crippen LogP contribution in [0.3, 0.4) is 0 Å². The Morgan fingerprint density at radius 1 is 0.833 bits per heavy atom. The molecular formula is C27H36Br2O7. The van der Waals surface area contributed by atoms with E-state index < -0.39 is 5.97 Å². The highest BCUT2D eigenvalue weighted by atomic mass is 79.9. The minimum absolute atomic E-state index is 0.316.